The van der Waals surface area contributed by atoms with Crippen molar-refractivity contribution in [3.63, 3.8) is 0 Å². The lowest BCUT2D eigenvalue weighted by atomic mass is 10.1. The van der Waals surface area contributed by atoms with Crippen LogP contribution in [-0.2, 0) is 0 Å². The number of piperidine rings is 1. The Bertz CT molecular complexity index is 1010. The van der Waals surface area contributed by atoms with Crippen molar-refractivity contribution >= 4 is 23.1 Å². The first-order chi connectivity index (χ1) is 15.4. The minimum absolute atomic E-state index is 0.115. The van der Waals surface area contributed by atoms with Gasteiger partial charge < -0.3 is 25.4 Å². The Hall–Kier alpha value is -2.75. The van der Waals surface area contributed by atoms with Crippen LogP contribution in [0.3, 0.4) is 0 Å². The molecule has 2 aliphatic rings. The van der Waals surface area contributed by atoms with E-state index in [9.17, 15) is 9.18 Å². The summed E-state index contributed by atoms with van der Waals surface area (Å²) in [5.41, 5.74) is 7.62. The molecule has 2 aromatic rings. The molecule has 0 unspecified atom stereocenters. The smallest absolute Gasteiger partial charge is 0.258 e. The number of ether oxygens (including phenoxy) is 1. The summed E-state index contributed by atoms with van der Waals surface area (Å²) in [5.74, 6) is -0.119. The third kappa shape index (κ3) is 5.01. The van der Waals surface area contributed by atoms with Crippen molar-refractivity contribution in [2.45, 2.75) is 18.9 Å². The highest BCUT2D eigenvalue weighted by atomic mass is 35.5. The molecule has 3 heterocycles. The number of likely N-dealkylation sites (tertiary alicyclic amines) is 1. The van der Waals surface area contributed by atoms with Gasteiger partial charge in [-0.25, -0.2) is 14.4 Å². The van der Waals surface area contributed by atoms with E-state index >= 15 is 0 Å². The summed E-state index contributed by atoms with van der Waals surface area (Å²) in [6.07, 6.45) is 4.30. The van der Waals surface area contributed by atoms with Crippen LogP contribution in [0, 0.1) is 5.82 Å². The van der Waals surface area contributed by atoms with Crippen molar-refractivity contribution in [3.05, 3.63) is 58.5 Å². The Kier molecular flexibility index (Phi) is 6.88. The van der Waals surface area contributed by atoms with Crippen LogP contribution in [0.4, 0.5) is 4.39 Å². The number of β-amino-alcohol motifs (C(OH)–C–C–N with tert-alkyl or cyclic N) is 1. The van der Waals surface area contributed by atoms with Gasteiger partial charge in [-0.05, 0) is 25.0 Å². The lowest BCUT2D eigenvalue weighted by molar-refractivity contribution is 0.0759. The molecule has 0 spiro atoms. The zero-order valence-corrected chi connectivity index (χ0v) is 18.3. The minimum Gasteiger partial charge on any atom is -0.489 e. The van der Waals surface area contributed by atoms with Gasteiger partial charge in [0.15, 0.2) is 5.82 Å². The quantitative estimate of drug-likeness (QED) is 0.677. The lowest BCUT2D eigenvalue weighted by Gasteiger charge is -2.32. The van der Waals surface area contributed by atoms with E-state index in [1.165, 1.54) is 30.6 Å². The Balaban J connectivity index is 1.47. The summed E-state index contributed by atoms with van der Waals surface area (Å²) in [7, 11) is 0. The van der Waals surface area contributed by atoms with Crippen molar-refractivity contribution in [1.29, 1.82) is 0 Å². The zero-order valence-electron chi connectivity index (χ0n) is 17.5. The van der Waals surface area contributed by atoms with Gasteiger partial charge in [-0.2, -0.15) is 0 Å². The number of nitrogens with two attached hydrogens (primary N) is 1. The molecule has 3 N–H and O–H groups in total. The molecule has 4 rings (SSSR count). The summed E-state index contributed by atoms with van der Waals surface area (Å²) < 4.78 is 20.1. The fraction of sp³-hybridized carbons (Fsp3) is 0.409. The average Bonchev–Trinajstić information content (AvgIpc) is 3.17. The third-order valence-corrected chi connectivity index (χ3v) is 5.89. The highest BCUT2D eigenvalue weighted by molar-refractivity contribution is 6.30. The van der Waals surface area contributed by atoms with E-state index in [1.54, 1.807) is 4.90 Å². The Morgan fingerprint density at radius 3 is 2.66 bits per heavy atom. The van der Waals surface area contributed by atoms with Gasteiger partial charge in [0.1, 0.15) is 17.7 Å². The standard InChI is InChI=1S/C22H25ClFN5O3/c23-14-10-26-21(27-11-14)18-12-29(13-19(18)25)22(31)17-2-1-15(24)9-20(17)32-16-3-5-28(6-4-16)7-8-30/h1-2,9-11,16,30H,3-8,12-13,25H2. The number of hydrogen-bond donors (Lipinski definition) is 2. The number of halogens is 2. The third-order valence-electron chi connectivity index (χ3n) is 5.69. The van der Waals surface area contributed by atoms with Crippen LogP contribution in [0.25, 0.3) is 5.57 Å². The van der Waals surface area contributed by atoms with Crippen molar-refractivity contribution < 1.29 is 19.0 Å². The molecule has 0 radical (unpaired) electrons. The zero-order chi connectivity index (χ0) is 22.7. The molecule has 1 fully saturated rings. The maximum absolute atomic E-state index is 14.0. The highest BCUT2D eigenvalue weighted by Gasteiger charge is 2.30. The van der Waals surface area contributed by atoms with Crippen LogP contribution in [-0.4, -0.2) is 76.2 Å². The van der Waals surface area contributed by atoms with Crippen LogP contribution < -0.4 is 10.5 Å². The Labute approximate surface area is 190 Å². The largest absolute Gasteiger partial charge is 0.489 e. The Morgan fingerprint density at radius 1 is 1.25 bits per heavy atom. The topological polar surface area (TPSA) is 105 Å². The van der Waals surface area contributed by atoms with E-state index < -0.39 is 5.82 Å². The van der Waals surface area contributed by atoms with E-state index in [0.29, 0.717) is 28.7 Å². The predicted octanol–water partition coefficient (Wildman–Crippen LogP) is 1.93. The Morgan fingerprint density at radius 2 is 1.97 bits per heavy atom. The van der Waals surface area contributed by atoms with Gasteiger partial charge in [0, 0.05) is 49.4 Å². The number of carbonyl (C=O) groups excluding carboxylic acids is 1. The predicted molar refractivity (Wildman–Crippen MR) is 118 cm³/mol. The molecule has 1 aromatic heterocycles. The number of rotatable bonds is 6. The van der Waals surface area contributed by atoms with E-state index in [1.807, 2.05) is 0 Å². The molecular formula is C22H25ClFN5O3. The molecule has 8 nitrogen and oxygen atoms in total. The normalized spacial score (nSPS) is 17.8. The summed E-state index contributed by atoms with van der Waals surface area (Å²) in [6, 6.07) is 3.95. The molecule has 170 valence electrons. The van der Waals surface area contributed by atoms with Crippen LogP contribution in [0.15, 0.2) is 36.3 Å². The molecule has 2 aliphatic heterocycles. The number of amides is 1. The number of aromatic nitrogens is 2. The first-order valence-electron chi connectivity index (χ1n) is 10.5. The summed E-state index contributed by atoms with van der Waals surface area (Å²) in [6.45, 7) is 2.75. The van der Waals surface area contributed by atoms with Crippen molar-refractivity contribution in [1.82, 2.24) is 19.8 Å². The SMILES string of the molecule is NC1=C(c2ncc(Cl)cn2)CN(C(=O)c2ccc(F)cc2OC2CCN(CCO)CC2)C1. The average molecular weight is 462 g/mol. The van der Waals surface area contributed by atoms with Gasteiger partial charge in [0.2, 0.25) is 0 Å². The fourth-order valence-electron chi connectivity index (χ4n) is 3.99. The molecule has 10 heteroatoms. The highest BCUT2D eigenvalue weighted by Crippen LogP contribution is 2.29. The first kappa shape index (κ1) is 22.4. The number of carbonyl (C=O) groups is 1. The van der Waals surface area contributed by atoms with Gasteiger partial charge in [0.05, 0.1) is 30.3 Å². The summed E-state index contributed by atoms with van der Waals surface area (Å²) >= 11 is 5.85. The minimum atomic E-state index is -0.469. The number of nitrogens with zero attached hydrogens (tertiary/aromatic N) is 4. The van der Waals surface area contributed by atoms with Crippen LogP contribution >= 0.6 is 11.6 Å². The van der Waals surface area contributed by atoms with Gasteiger partial charge >= 0.3 is 0 Å². The second-order valence-corrected chi connectivity index (χ2v) is 8.35. The monoisotopic (exact) mass is 461 g/mol. The lowest BCUT2D eigenvalue weighted by Crippen LogP contribution is -2.39. The van der Waals surface area contributed by atoms with Crippen molar-refractivity contribution in [2.24, 2.45) is 5.73 Å². The molecular weight excluding hydrogens is 437 g/mol. The van der Waals surface area contributed by atoms with Crippen LogP contribution in [0.5, 0.6) is 5.75 Å². The first-order valence-corrected chi connectivity index (χ1v) is 10.9. The summed E-state index contributed by atoms with van der Waals surface area (Å²) in [4.78, 5) is 25.4. The van der Waals surface area contributed by atoms with Crippen molar-refractivity contribution in [3.8, 4) is 5.75 Å². The van der Waals surface area contributed by atoms with Gasteiger partial charge in [-0.1, -0.05) is 11.6 Å². The van der Waals surface area contributed by atoms with Gasteiger partial charge in [-0.15, -0.1) is 0 Å². The number of hydrogen-bond acceptors (Lipinski definition) is 7. The second kappa shape index (κ2) is 9.81. The maximum atomic E-state index is 14.0. The van der Waals surface area contributed by atoms with E-state index in [2.05, 4.69) is 14.9 Å². The summed E-state index contributed by atoms with van der Waals surface area (Å²) in [5, 5.41) is 9.50. The molecule has 32 heavy (non-hydrogen) atoms. The van der Waals surface area contributed by atoms with E-state index in [-0.39, 0.29) is 43.0 Å². The second-order valence-electron chi connectivity index (χ2n) is 7.91. The fourth-order valence-corrected chi connectivity index (χ4v) is 4.09. The number of benzene rings is 1. The van der Waals surface area contributed by atoms with Crippen LogP contribution in [0.1, 0.15) is 29.0 Å². The molecule has 0 aliphatic carbocycles. The molecule has 0 bridgehead atoms. The van der Waals surface area contributed by atoms with Gasteiger partial charge in [-0.3, -0.25) is 4.79 Å². The van der Waals surface area contributed by atoms with Crippen molar-refractivity contribution in [2.75, 3.05) is 39.3 Å². The van der Waals surface area contributed by atoms with E-state index in [0.717, 1.165) is 25.9 Å². The number of aliphatic hydroxyl groups excluding tert-OH is 1. The van der Waals surface area contributed by atoms with E-state index in [4.69, 9.17) is 27.2 Å². The molecule has 1 aromatic carbocycles. The molecule has 1 saturated heterocycles. The maximum Gasteiger partial charge on any atom is 0.258 e. The molecule has 0 atom stereocenters. The van der Waals surface area contributed by atoms with Crippen LogP contribution in [0.2, 0.25) is 5.02 Å². The van der Waals surface area contributed by atoms with Gasteiger partial charge in [0.25, 0.3) is 5.91 Å². The molecule has 0 saturated carbocycles. The number of aliphatic hydroxyl groups is 1. The molecule has 1 amide bonds.